The standard InChI is InChI=1S/C19H18O2/c1-3-8-15-11-12-17(18(14-15)21-13-4-2)19(20)16-9-6-5-7-10-16/h1,5-7,9-12,14H,4,8,13H2,2H3. The van der Waals surface area contributed by atoms with Gasteiger partial charge in [0.1, 0.15) is 5.75 Å². The van der Waals surface area contributed by atoms with E-state index in [4.69, 9.17) is 11.2 Å². The van der Waals surface area contributed by atoms with Gasteiger partial charge < -0.3 is 4.74 Å². The van der Waals surface area contributed by atoms with Crippen LogP contribution >= 0.6 is 0 Å². The van der Waals surface area contributed by atoms with Crippen LogP contribution < -0.4 is 4.74 Å². The summed E-state index contributed by atoms with van der Waals surface area (Å²) >= 11 is 0. The van der Waals surface area contributed by atoms with E-state index in [1.54, 1.807) is 18.2 Å². The predicted octanol–water partition coefficient (Wildman–Crippen LogP) is 3.88. The van der Waals surface area contributed by atoms with Crippen molar-refractivity contribution in [1.29, 1.82) is 0 Å². The Balaban J connectivity index is 2.37. The molecule has 0 aliphatic heterocycles. The van der Waals surface area contributed by atoms with Gasteiger partial charge in [0.15, 0.2) is 5.78 Å². The molecule has 0 spiro atoms. The Labute approximate surface area is 125 Å². The lowest BCUT2D eigenvalue weighted by Gasteiger charge is -2.11. The Morgan fingerprint density at radius 2 is 1.95 bits per heavy atom. The first-order chi connectivity index (χ1) is 10.3. The summed E-state index contributed by atoms with van der Waals surface area (Å²) in [4.78, 5) is 12.6. The third-order valence-electron chi connectivity index (χ3n) is 3.09. The van der Waals surface area contributed by atoms with E-state index in [0.717, 1.165) is 12.0 Å². The zero-order valence-corrected chi connectivity index (χ0v) is 12.1. The molecule has 106 valence electrons. The molecule has 0 aromatic heterocycles. The number of rotatable bonds is 6. The Morgan fingerprint density at radius 1 is 1.19 bits per heavy atom. The molecular formula is C19H18O2. The molecule has 2 heteroatoms. The molecule has 2 nitrogen and oxygen atoms in total. The molecule has 0 radical (unpaired) electrons. The normalized spacial score (nSPS) is 9.90. The maximum atomic E-state index is 12.6. The van der Waals surface area contributed by atoms with Crippen molar-refractivity contribution in [2.24, 2.45) is 0 Å². The first kappa shape index (κ1) is 14.9. The van der Waals surface area contributed by atoms with Crippen molar-refractivity contribution in [3.63, 3.8) is 0 Å². The van der Waals surface area contributed by atoms with Crippen LogP contribution in [0.2, 0.25) is 0 Å². The quantitative estimate of drug-likeness (QED) is 0.592. The molecular weight excluding hydrogens is 260 g/mol. The van der Waals surface area contributed by atoms with E-state index in [-0.39, 0.29) is 5.78 Å². The zero-order valence-electron chi connectivity index (χ0n) is 12.1. The summed E-state index contributed by atoms with van der Waals surface area (Å²) in [5.74, 6) is 3.18. The minimum absolute atomic E-state index is 0.0334. The molecule has 0 heterocycles. The number of ether oxygens (including phenoxy) is 1. The molecule has 0 unspecified atom stereocenters. The second-order valence-electron chi connectivity index (χ2n) is 4.76. The summed E-state index contributed by atoms with van der Waals surface area (Å²) in [5.41, 5.74) is 2.21. The predicted molar refractivity (Wildman–Crippen MR) is 84.6 cm³/mol. The highest BCUT2D eigenvalue weighted by molar-refractivity contribution is 6.10. The highest BCUT2D eigenvalue weighted by atomic mass is 16.5. The van der Waals surface area contributed by atoms with Gasteiger partial charge in [-0.1, -0.05) is 43.3 Å². The first-order valence-corrected chi connectivity index (χ1v) is 7.05. The third kappa shape index (κ3) is 3.73. The Kier molecular flexibility index (Phi) is 5.17. The van der Waals surface area contributed by atoms with Crippen molar-refractivity contribution in [3.05, 3.63) is 65.2 Å². The fourth-order valence-electron chi connectivity index (χ4n) is 2.06. The maximum absolute atomic E-state index is 12.6. The summed E-state index contributed by atoms with van der Waals surface area (Å²) in [6, 6.07) is 14.8. The van der Waals surface area contributed by atoms with Crippen molar-refractivity contribution in [1.82, 2.24) is 0 Å². The van der Waals surface area contributed by atoms with Crippen LogP contribution in [0.25, 0.3) is 0 Å². The molecule has 0 aliphatic rings. The molecule has 2 aromatic rings. The van der Waals surface area contributed by atoms with Crippen LogP contribution in [0.4, 0.5) is 0 Å². The van der Waals surface area contributed by atoms with Gasteiger partial charge in [-0.25, -0.2) is 0 Å². The van der Waals surface area contributed by atoms with Crippen LogP contribution in [-0.4, -0.2) is 12.4 Å². The van der Waals surface area contributed by atoms with Crippen LogP contribution in [0.5, 0.6) is 5.75 Å². The van der Waals surface area contributed by atoms with Gasteiger partial charge in [0.25, 0.3) is 0 Å². The summed E-state index contributed by atoms with van der Waals surface area (Å²) in [6.07, 6.45) is 6.76. The van der Waals surface area contributed by atoms with E-state index in [1.165, 1.54) is 0 Å². The fraction of sp³-hybridized carbons (Fsp3) is 0.211. The number of terminal acetylenes is 1. The van der Waals surface area contributed by atoms with E-state index >= 15 is 0 Å². The SMILES string of the molecule is C#CCc1ccc(C(=O)c2ccccc2)c(OCCC)c1. The lowest BCUT2D eigenvalue weighted by atomic mass is 10.00. The van der Waals surface area contributed by atoms with Crippen LogP contribution in [-0.2, 0) is 6.42 Å². The van der Waals surface area contributed by atoms with Crippen molar-refractivity contribution in [2.45, 2.75) is 19.8 Å². The summed E-state index contributed by atoms with van der Waals surface area (Å²) < 4.78 is 5.73. The van der Waals surface area contributed by atoms with E-state index in [0.29, 0.717) is 29.9 Å². The number of hydrogen-bond acceptors (Lipinski definition) is 2. The smallest absolute Gasteiger partial charge is 0.196 e. The number of hydrogen-bond donors (Lipinski definition) is 0. The van der Waals surface area contributed by atoms with Crippen LogP contribution in [0.3, 0.4) is 0 Å². The molecule has 21 heavy (non-hydrogen) atoms. The number of ketones is 1. The molecule has 0 saturated heterocycles. The number of carbonyl (C=O) groups excluding carboxylic acids is 1. The third-order valence-corrected chi connectivity index (χ3v) is 3.09. The second kappa shape index (κ2) is 7.31. The van der Waals surface area contributed by atoms with Gasteiger partial charge >= 0.3 is 0 Å². The number of carbonyl (C=O) groups is 1. The van der Waals surface area contributed by atoms with E-state index in [9.17, 15) is 4.79 Å². The van der Waals surface area contributed by atoms with Gasteiger partial charge in [0.2, 0.25) is 0 Å². The van der Waals surface area contributed by atoms with Crippen molar-refractivity contribution in [3.8, 4) is 18.1 Å². The minimum atomic E-state index is -0.0334. The Hall–Kier alpha value is -2.53. The lowest BCUT2D eigenvalue weighted by Crippen LogP contribution is -2.06. The van der Waals surface area contributed by atoms with Gasteiger partial charge in [-0.15, -0.1) is 12.3 Å². The second-order valence-corrected chi connectivity index (χ2v) is 4.76. The monoisotopic (exact) mass is 278 g/mol. The molecule has 0 fully saturated rings. The van der Waals surface area contributed by atoms with Gasteiger partial charge in [0, 0.05) is 12.0 Å². The average molecular weight is 278 g/mol. The molecule has 0 amide bonds. The molecule has 0 bridgehead atoms. The topological polar surface area (TPSA) is 26.3 Å². The summed E-state index contributed by atoms with van der Waals surface area (Å²) in [6.45, 7) is 2.61. The molecule has 0 N–H and O–H groups in total. The summed E-state index contributed by atoms with van der Waals surface area (Å²) in [7, 11) is 0. The minimum Gasteiger partial charge on any atom is -0.493 e. The fourth-order valence-corrected chi connectivity index (χ4v) is 2.06. The Morgan fingerprint density at radius 3 is 2.62 bits per heavy atom. The van der Waals surface area contributed by atoms with E-state index in [2.05, 4.69) is 5.92 Å². The van der Waals surface area contributed by atoms with Crippen molar-refractivity contribution >= 4 is 5.78 Å². The van der Waals surface area contributed by atoms with E-state index in [1.807, 2.05) is 37.3 Å². The van der Waals surface area contributed by atoms with Crippen LogP contribution in [0.15, 0.2) is 48.5 Å². The molecule has 0 atom stereocenters. The molecule has 2 rings (SSSR count). The van der Waals surface area contributed by atoms with E-state index < -0.39 is 0 Å². The molecule has 0 saturated carbocycles. The van der Waals surface area contributed by atoms with Crippen molar-refractivity contribution in [2.75, 3.05) is 6.61 Å². The molecule has 2 aromatic carbocycles. The van der Waals surface area contributed by atoms with Gasteiger partial charge in [-0.2, -0.15) is 0 Å². The highest BCUT2D eigenvalue weighted by Gasteiger charge is 2.15. The lowest BCUT2D eigenvalue weighted by molar-refractivity contribution is 0.103. The van der Waals surface area contributed by atoms with Gasteiger partial charge in [-0.3, -0.25) is 4.79 Å². The highest BCUT2D eigenvalue weighted by Crippen LogP contribution is 2.24. The van der Waals surface area contributed by atoms with Gasteiger partial charge in [0.05, 0.1) is 12.2 Å². The van der Waals surface area contributed by atoms with Crippen LogP contribution in [0, 0.1) is 12.3 Å². The van der Waals surface area contributed by atoms with Crippen molar-refractivity contribution < 1.29 is 9.53 Å². The zero-order chi connectivity index (χ0) is 15.1. The van der Waals surface area contributed by atoms with Crippen LogP contribution in [0.1, 0.15) is 34.8 Å². The maximum Gasteiger partial charge on any atom is 0.196 e. The average Bonchev–Trinajstić information content (AvgIpc) is 2.53. The largest absolute Gasteiger partial charge is 0.493 e. The molecule has 0 aliphatic carbocycles. The summed E-state index contributed by atoms with van der Waals surface area (Å²) in [5, 5.41) is 0. The number of benzene rings is 2. The first-order valence-electron chi connectivity index (χ1n) is 7.05. The Bertz CT molecular complexity index is 651. The van der Waals surface area contributed by atoms with Gasteiger partial charge in [-0.05, 0) is 24.1 Å².